The van der Waals surface area contributed by atoms with Crippen LogP contribution in [0.3, 0.4) is 0 Å². The number of rotatable bonds is 3. The molecule has 8 heteroatoms. The molecule has 0 N–H and O–H groups in total. The Morgan fingerprint density at radius 2 is 2.10 bits per heavy atom. The molecule has 107 valence electrons. The van der Waals surface area contributed by atoms with Crippen molar-refractivity contribution in [3.63, 3.8) is 0 Å². The lowest BCUT2D eigenvalue weighted by molar-refractivity contribution is -0.159. The van der Waals surface area contributed by atoms with Crippen LogP contribution in [-0.4, -0.2) is 19.9 Å². The van der Waals surface area contributed by atoms with E-state index in [1.54, 1.807) is 13.8 Å². The van der Waals surface area contributed by atoms with Gasteiger partial charge in [-0.15, -0.1) is 0 Å². The summed E-state index contributed by atoms with van der Waals surface area (Å²) in [6, 6.07) is 7.18. The Balaban J connectivity index is 2.34. The summed E-state index contributed by atoms with van der Waals surface area (Å²) in [5.74, 6) is -1.61. The average molecular weight is 303 g/mol. The number of nitrogens with zero attached hydrogens (tertiary/aromatic N) is 2. The predicted molar refractivity (Wildman–Crippen MR) is 65.1 cm³/mol. The van der Waals surface area contributed by atoms with Crippen molar-refractivity contribution in [3.05, 3.63) is 30.2 Å². The van der Waals surface area contributed by atoms with Crippen LogP contribution in [0.2, 0.25) is 0 Å². The summed E-state index contributed by atoms with van der Waals surface area (Å²) in [4.78, 5) is 3.67. The Bertz CT molecular complexity index is 598. The SMILES string of the molecule is CC(C)[S+]([O-])c1[c]ccc(-c2noc(C(F)(F)F)n2)c1. The van der Waals surface area contributed by atoms with Gasteiger partial charge < -0.3 is 9.08 Å². The minimum Gasteiger partial charge on any atom is -0.611 e. The van der Waals surface area contributed by atoms with Gasteiger partial charge in [-0.2, -0.15) is 18.2 Å². The summed E-state index contributed by atoms with van der Waals surface area (Å²) in [5.41, 5.74) is 0.298. The van der Waals surface area contributed by atoms with Crippen molar-refractivity contribution in [2.75, 3.05) is 0 Å². The fourth-order valence-electron chi connectivity index (χ4n) is 1.41. The first-order chi connectivity index (χ1) is 9.29. The lowest BCUT2D eigenvalue weighted by atomic mass is 10.2. The maximum Gasteiger partial charge on any atom is 0.471 e. The van der Waals surface area contributed by atoms with Gasteiger partial charge in [0, 0.05) is 17.7 Å². The first kappa shape index (κ1) is 14.9. The van der Waals surface area contributed by atoms with E-state index < -0.39 is 23.2 Å². The molecule has 1 aromatic heterocycles. The number of alkyl halides is 3. The van der Waals surface area contributed by atoms with E-state index in [1.807, 2.05) is 0 Å². The normalized spacial score (nSPS) is 13.8. The fraction of sp³-hybridized carbons (Fsp3) is 0.333. The van der Waals surface area contributed by atoms with Gasteiger partial charge in [-0.3, -0.25) is 0 Å². The Labute approximate surface area is 116 Å². The highest BCUT2D eigenvalue weighted by atomic mass is 32.2. The van der Waals surface area contributed by atoms with E-state index >= 15 is 0 Å². The molecule has 20 heavy (non-hydrogen) atoms. The van der Waals surface area contributed by atoms with Crippen molar-refractivity contribution in [1.29, 1.82) is 0 Å². The van der Waals surface area contributed by atoms with Crippen LogP contribution in [0.4, 0.5) is 13.2 Å². The number of benzene rings is 1. The number of aromatic nitrogens is 2. The van der Waals surface area contributed by atoms with Gasteiger partial charge in [0.1, 0.15) is 5.25 Å². The third-order valence-electron chi connectivity index (χ3n) is 2.35. The molecular weight excluding hydrogens is 293 g/mol. The lowest BCUT2D eigenvalue weighted by Gasteiger charge is -2.13. The van der Waals surface area contributed by atoms with E-state index in [0.717, 1.165) is 0 Å². The Hall–Kier alpha value is -1.54. The maximum atomic E-state index is 12.4. The van der Waals surface area contributed by atoms with Gasteiger partial charge >= 0.3 is 12.1 Å². The molecule has 1 heterocycles. The molecule has 0 amide bonds. The lowest BCUT2D eigenvalue weighted by Crippen LogP contribution is -2.14. The van der Waals surface area contributed by atoms with Crippen molar-refractivity contribution in [1.82, 2.24) is 10.1 Å². The third kappa shape index (κ3) is 3.13. The third-order valence-corrected chi connectivity index (χ3v) is 3.87. The summed E-state index contributed by atoms with van der Waals surface area (Å²) in [6.07, 6.45) is -4.68. The quantitative estimate of drug-likeness (QED) is 0.818. The molecule has 0 aliphatic heterocycles. The molecule has 0 spiro atoms. The van der Waals surface area contributed by atoms with Crippen molar-refractivity contribution in [2.45, 2.75) is 30.2 Å². The summed E-state index contributed by atoms with van der Waals surface area (Å²) in [6.45, 7) is 3.54. The molecule has 0 aliphatic rings. The Morgan fingerprint density at radius 3 is 2.65 bits per heavy atom. The van der Waals surface area contributed by atoms with Gasteiger partial charge in [-0.1, -0.05) is 11.2 Å². The number of hydrogen-bond donors (Lipinski definition) is 0. The molecule has 1 aromatic carbocycles. The van der Waals surface area contributed by atoms with Crippen LogP contribution in [-0.2, 0) is 17.4 Å². The highest BCUT2D eigenvalue weighted by molar-refractivity contribution is 7.92. The van der Waals surface area contributed by atoms with Crippen LogP contribution in [0.25, 0.3) is 11.4 Å². The minimum atomic E-state index is -4.68. The molecule has 1 unspecified atom stereocenters. The van der Waals surface area contributed by atoms with Crippen LogP contribution in [0.1, 0.15) is 19.7 Å². The molecule has 0 saturated heterocycles. The van der Waals surface area contributed by atoms with E-state index in [9.17, 15) is 17.7 Å². The molecule has 2 rings (SSSR count). The van der Waals surface area contributed by atoms with Crippen LogP contribution >= 0.6 is 0 Å². The maximum absolute atomic E-state index is 12.4. The molecular formula is C12H10F3N2O2S. The summed E-state index contributed by atoms with van der Waals surface area (Å²) in [5, 5.41) is 3.15. The van der Waals surface area contributed by atoms with Gasteiger partial charge in [0.15, 0.2) is 4.90 Å². The average Bonchev–Trinajstić information content (AvgIpc) is 2.87. The van der Waals surface area contributed by atoms with Crippen molar-refractivity contribution < 1.29 is 22.2 Å². The molecule has 0 saturated carbocycles. The molecule has 0 bridgehead atoms. The monoisotopic (exact) mass is 303 g/mol. The smallest absolute Gasteiger partial charge is 0.471 e. The molecule has 1 atom stereocenters. The van der Waals surface area contributed by atoms with Gasteiger partial charge in [-0.05, 0) is 31.1 Å². The number of halogens is 3. The first-order valence-electron chi connectivity index (χ1n) is 5.62. The van der Waals surface area contributed by atoms with E-state index in [4.69, 9.17) is 0 Å². The van der Waals surface area contributed by atoms with Gasteiger partial charge in [0.05, 0.1) is 0 Å². The van der Waals surface area contributed by atoms with Gasteiger partial charge in [0.2, 0.25) is 5.82 Å². The van der Waals surface area contributed by atoms with Crippen molar-refractivity contribution >= 4 is 11.2 Å². The van der Waals surface area contributed by atoms with Crippen LogP contribution < -0.4 is 0 Å². The highest BCUT2D eigenvalue weighted by Gasteiger charge is 2.38. The van der Waals surface area contributed by atoms with Crippen molar-refractivity contribution in [2.24, 2.45) is 0 Å². The predicted octanol–water partition coefficient (Wildman–Crippen LogP) is 3.07. The van der Waals surface area contributed by atoms with Gasteiger partial charge in [0.25, 0.3) is 0 Å². The minimum absolute atomic E-state index is 0.127. The molecule has 0 aliphatic carbocycles. The van der Waals surface area contributed by atoms with E-state index in [-0.39, 0.29) is 11.1 Å². The summed E-state index contributed by atoms with van der Waals surface area (Å²) < 4.78 is 53.2. The van der Waals surface area contributed by atoms with Crippen molar-refractivity contribution in [3.8, 4) is 11.4 Å². The van der Waals surface area contributed by atoms with Crippen LogP contribution in [0.5, 0.6) is 0 Å². The molecule has 0 fully saturated rings. The van der Waals surface area contributed by atoms with E-state index in [0.29, 0.717) is 10.5 Å². The standard InChI is InChI=1S/C12H10F3N2O2S/c1-7(2)20(18)9-5-3-4-8(6-9)10-16-11(19-17-10)12(13,14)15/h3-4,6-7H,1-2H3. The number of hydrogen-bond acceptors (Lipinski definition) is 4. The molecule has 4 nitrogen and oxygen atoms in total. The largest absolute Gasteiger partial charge is 0.611 e. The second-order valence-corrected chi connectivity index (χ2v) is 6.19. The zero-order valence-electron chi connectivity index (χ0n) is 10.6. The second-order valence-electron chi connectivity index (χ2n) is 4.21. The van der Waals surface area contributed by atoms with Crippen LogP contribution in [0.15, 0.2) is 27.6 Å². The highest BCUT2D eigenvalue weighted by Crippen LogP contribution is 2.30. The summed E-state index contributed by atoms with van der Waals surface area (Å²) in [7, 11) is 0. The van der Waals surface area contributed by atoms with E-state index in [2.05, 4.69) is 20.7 Å². The van der Waals surface area contributed by atoms with Gasteiger partial charge in [-0.25, -0.2) is 0 Å². The summed E-state index contributed by atoms with van der Waals surface area (Å²) >= 11 is -1.29. The first-order valence-corrected chi connectivity index (χ1v) is 6.84. The zero-order valence-corrected chi connectivity index (χ0v) is 11.4. The Morgan fingerprint density at radius 1 is 1.40 bits per heavy atom. The molecule has 2 aromatic rings. The van der Waals surface area contributed by atoms with E-state index in [1.165, 1.54) is 18.2 Å². The Kier molecular flexibility index (Phi) is 4.05. The second kappa shape index (κ2) is 5.45. The zero-order chi connectivity index (χ0) is 14.9. The van der Waals surface area contributed by atoms with Crippen LogP contribution in [0, 0.1) is 6.07 Å². The topological polar surface area (TPSA) is 62.0 Å². The fourth-order valence-corrected chi connectivity index (χ4v) is 2.34. The molecule has 1 radical (unpaired) electrons.